The van der Waals surface area contributed by atoms with Crippen LogP contribution in [0.25, 0.3) is 0 Å². The highest BCUT2D eigenvalue weighted by Gasteiger charge is 2.45. The van der Waals surface area contributed by atoms with Crippen LogP contribution in [0.5, 0.6) is 0 Å². The minimum absolute atomic E-state index is 0.507. The summed E-state index contributed by atoms with van der Waals surface area (Å²) in [5, 5.41) is 28.0. The average Bonchev–Trinajstić information content (AvgIpc) is 2.56. The minimum Gasteiger partial charge on any atom is -0.394 e. The van der Waals surface area contributed by atoms with Crippen LogP contribution in [0.3, 0.4) is 0 Å². The molecule has 1 aliphatic rings. The number of aliphatic hydroxyl groups excluding tert-OH is 3. The first-order valence-corrected chi connectivity index (χ1v) is 5.16. The van der Waals surface area contributed by atoms with Gasteiger partial charge in [0.1, 0.15) is 30.2 Å². The number of nitrogens with one attached hydrogen (secondary N) is 1. The molecule has 1 fully saturated rings. The minimum atomic E-state index is -1.60. The van der Waals surface area contributed by atoms with Gasteiger partial charge in [0.15, 0.2) is 0 Å². The number of ether oxygens (including phenoxy) is 1. The Balaban J connectivity index is 2.41. The fourth-order valence-corrected chi connectivity index (χ4v) is 1.91. The molecule has 8 heteroatoms. The molecule has 0 amide bonds. The summed E-state index contributed by atoms with van der Waals surface area (Å²) in [6.07, 6.45) is -5.70. The van der Waals surface area contributed by atoms with Crippen molar-refractivity contribution in [2.75, 3.05) is 6.61 Å². The number of pyridine rings is 1. The predicted molar refractivity (Wildman–Crippen MR) is 53.7 cm³/mol. The van der Waals surface area contributed by atoms with Crippen molar-refractivity contribution in [3.05, 3.63) is 33.7 Å². The van der Waals surface area contributed by atoms with E-state index in [1.54, 1.807) is 4.98 Å². The molecule has 18 heavy (non-hydrogen) atoms. The van der Waals surface area contributed by atoms with Gasteiger partial charge in [0.2, 0.25) is 5.95 Å². The van der Waals surface area contributed by atoms with Gasteiger partial charge in [0.05, 0.1) is 12.2 Å². The van der Waals surface area contributed by atoms with Crippen molar-refractivity contribution in [3.63, 3.8) is 0 Å². The number of aliphatic hydroxyl groups is 3. The lowest BCUT2D eigenvalue weighted by Gasteiger charge is -2.15. The zero-order valence-corrected chi connectivity index (χ0v) is 9.01. The third-order valence-electron chi connectivity index (χ3n) is 2.81. The van der Waals surface area contributed by atoms with Crippen LogP contribution in [0.1, 0.15) is 11.7 Å². The summed E-state index contributed by atoms with van der Waals surface area (Å²) in [6, 6.07) is 0.507. The van der Waals surface area contributed by atoms with E-state index in [0.29, 0.717) is 6.07 Å². The van der Waals surface area contributed by atoms with Crippen LogP contribution in [0.2, 0.25) is 0 Å². The van der Waals surface area contributed by atoms with Gasteiger partial charge in [-0.2, -0.15) is 4.39 Å². The summed E-state index contributed by atoms with van der Waals surface area (Å²) in [4.78, 5) is 12.5. The third kappa shape index (κ3) is 2.03. The number of hydrogen-bond acceptors (Lipinski definition) is 5. The third-order valence-corrected chi connectivity index (χ3v) is 2.81. The molecular formula is C10H11F2NO5. The molecule has 1 saturated heterocycles. The standard InChI is InChI=1S/C10H11F2NO5/c11-3-1-5(15)13-10(12)6(3)9-8(17)7(16)4(2-14)18-9/h1,4,7-9,14,16-17H,2H2,(H,13,15)/t4-,7?,8+,9+/m1/s1. The fourth-order valence-electron chi connectivity index (χ4n) is 1.91. The second-order valence-corrected chi connectivity index (χ2v) is 3.97. The summed E-state index contributed by atoms with van der Waals surface area (Å²) < 4.78 is 31.9. The lowest BCUT2D eigenvalue weighted by Crippen LogP contribution is -2.32. The summed E-state index contributed by atoms with van der Waals surface area (Å²) >= 11 is 0. The number of halogens is 2. The normalized spacial score (nSPS) is 31.8. The van der Waals surface area contributed by atoms with Crippen LogP contribution in [-0.2, 0) is 4.74 Å². The Morgan fingerprint density at radius 2 is 2.00 bits per heavy atom. The first-order chi connectivity index (χ1) is 8.45. The Bertz CT molecular complexity index is 479. The van der Waals surface area contributed by atoms with Crippen LogP contribution in [0.15, 0.2) is 10.9 Å². The van der Waals surface area contributed by atoms with Crippen molar-refractivity contribution < 1.29 is 28.8 Å². The van der Waals surface area contributed by atoms with Crippen molar-refractivity contribution in [2.45, 2.75) is 24.4 Å². The van der Waals surface area contributed by atoms with Gasteiger partial charge in [-0.25, -0.2) is 4.39 Å². The molecule has 0 saturated carbocycles. The van der Waals surface area contributed by atoms with E-state index in [-0.39, 0.29) is 0 Å². The van der Waals surface area contributed by atoms with Crippen LogP contribution in [-0.4, -0.2) is 45.2 Å². The Morgan fingerprint density at radius 1 is 1.33 bits per heavy atom. The summed E-state index contributed by atoms with van der Waals surface area (Å²) in [5.41, 5.74) is -1.66. The van der Waals surface area contributed by atoms with Crippen LogP contribution in [0, 0.1) is 11.8 Å². The molecule has 1 unspecified atom stereocenters. The summed E-state index contributed by atoms with van der Waals surface area (Å²) in [5.74, 6) is -2.47. The number of aromatic nitrogens is 1. The average molecular weight is 263 g/mol. The molecule has 0 radical (unpaired) electrons. The second-order valence-electron chi connectivity index (χ2n) is 3.97. The molecule has 2 rings (SSSR count). The quantitative estimate of drug-likeness (QED) is 0.502. The van der Waals surface area contributed by atoms with Crippen LogP contribution >= 0.6 is 0 Å². The monoisotopic (exact) mass is 263 g/mol. The van der Waals surface area contributed by atoms with Crippen molar-refractivity contribution in [1.82, 2.24) is 4.98 Å². The van der Waals surface area contributed by atoms with E-state index >= 15 is 0 Å². The molecule has 1 aromatic heterocycles. The maximum atomic E-state index is 13.5. The predicted octanol–water partition coefficient (Wildman–Crippen LogP) is -1.19. The van der Waals surface area contributed by atoms with Gasteiger partial charge in [-0.05, 0) is 0 Å². The topological polar surface area (TPSA) is 103 Å². The maximum Gasteiger partial charge on any atom is 0.253 e. The maximum absolute atomic E-state index is 13.5. The molecule has 1 aromatic rings. The largest absolute Gasteiger partial charge is 0.394 e. The number of hydrogen-bond donors (Lipinski definition) is 4. The highest BCUT2D eigenvalue weighted by atomic mass is 19.1. The van der Waals surface area contributed by atoms with Gasteiger partial charge in [0.25, 0.3) is 5.56 Å². The van der Waals surface area contributed by atoms with Crippen molar-refractivity contribution in [2.24, 2.45) is 0 Å². The highest BCUT2D eigenvalue weighted by molar-refractivity contribution is 5.20. The van der Waals surface area contributed by atoms with Crippen molar-refractivity contribution in [1.29, 1.82) is 0 Å². The molecule has 1 aliphatic heterocycles. The van der Waals surface area contributed by atoms with Crippen LogP contribution in [0.4, 0.5) is 8.78 Å². The zero-order chi connectivity index (χ0) is 13.4. The van der Waals surface area contributed by atoms with E-state index in [0.717, 1.165) is 0 Å². The zero-order valence-electron chi connectivity index (χ0n) is 9.01. The Kier molecular flexibility index (Phi) is 3.44. The first-order valence-electron chi connectivity index (χ1n) is 5.16. The van der Waals surface area contributed by atoms with Gasteiger partial charge in [-0.3, -0.25) is 9.78 Å². The summed E-state index contributed by atoms with van der Waals surface area (Å²) in [6.45, 7) is -0.610. The van der Waals surface area contributed by atoms with E-state index in [1.807, 2.05) is 0 Å². The second kappa shape index (κ2) is 4.73. The molecule has 6 nitrogen and oxygen atoms in total. The number of rotatable bonds is 2. The van der Waals surface area contributed by atoms with Crippen molar-refractivity contribution >= 4 is 0 Å². The molecule has 4 atom stereocenters. The lowest BCUT2D eigenvalue weighted by molar-refractivity contribution is -0.0249. The Hall–Kier alpha value is -1.35. The Morgan fingerprint density at radius 3 is 2.50 bits per heavy atom. The molecule has 0 bridgehead atoms. The van der Waals surface area contributed by atoms with E-state index in [9.17, 15) is 23.8 Å². The molecule has 0 spiro atoms. The van der Waals surface area contributed by atoms with Gasteiger partial charge in [-0.1, -0.05) is 0 Å². The van der Waals surface area contributed by atoms with Gasteiger partial charge < -0.3 is 20.1 Å². The van der Waals surface area contributed by atoms with Gasteiger partial charge >= 0.3 is 0 Å². The van der Waals surface area contributed by atoms with E-state index in [2.05, 4.69) is 0 Å². The van der Waals surface area contributed by atoms with Crippen LogP contribution < -0.4 is 5.56 Å². The molecule has 100 valence electrons. The lowest BCUT2D eigenvalue weighted by atomic mass is 10.0. The molecule has 2 heterocycles. The molecule has 0 aliphatic carbocycles. The van der Waals surface area contributed by atoms with E-state index < -0.39 is 53.9 Å². The van der Waals surface area contributed by atoms with Gasteiger partial charge in [0, 0.05) is 6.07 Å². The van der Waals surface area contributed by atoms with Gasteiger partial charge in [-0.15, -0.1) is 0 Å². The summed E-state index contributed by atoms with van der Waals surface area (Å²) in [7, 11) is 0. The molecular weight excluding hydrogens is 252 g/mol. The molecule has 0 aromatic carbocycles. The SMILES string of the molecule is O=c1cc(F)c([C@@H]2O[C@H](CO)C(O)[C@@H]2O)c(F)[nH]1. The molecule has 4 N–H and O–H groups in total. The highest BCUT2D eigenvalue weighted by Crippen LogP contribution is 2.35. The number of H-pyrrole nitrogens is 1. The Labute approximate surface area is 99.5 Å². The first kappa shape index (κ1) is 13.1. The van der Waals surface area contributed by atoms with E-state index in [4.69, 9.17) is 9.84 Å². The smallest absolute Gasteiger partial charge is 0.253 e. The number of aromatic amines is 1. The van der Waals surface area contributed by atoms with Crippen molar-refractivity contribution in [3.8, 4) is 0 Å². The fraction of sp³-hybridized carbons (Fsp3) is 0.500. The van der Waals surface area contributed by atoms with E-state index in [1.165, 1.54) is 0 Å².